The van der Waals surface area contributed by atoms with E-state index in [1.54, 1.807) is 71.9 Å². The second-order valence-electron chi connectivity index (χ2n) is 7.32. The topological polar surface area (TPSA) is 55.4 Å². The van der Waals surface area contributed by atoms with E-state index < -0.39 is 39.5 Å². The molecule has 0 bridgehead atoms. The lowest BCUT2D eigenvalue weighted by molar-refractivity contribution is -0.162. The third-order valence-electron chi connectivity index (χ3n) is 2.87. The molecule has 6 heteroatoms. The van der Waals surface area contributed by atoms with Crippen LogP contribution < -0.4 is 4.72 Å². The van der Waals surface area contributed by atoms with Gasteiger partial charge in [0.25, 0.3) is 0 Å². The summed E-state index contributed by atoms with van der Waals surface area (Å²) in [6.07, 6.45) is -1.96. The van der Waals surface area contributed by atoms with Crippen molar-refractivity contribution < 1.29 is 18.1 Å². The van der Waals surface area contributed by atoms with Gasteiger partial charge in [-0.25, -0.2) is 18.1 Å². The van der Waals surface area contributed by atoms with Crippen LogP contribution in [0.3, 0.4) is 0 Å². The summed E-state index contributed by atoms with van der Waals surface area (Å²) in [6, 6.07) is 7.62. The zero-order valence-electron chi connectivity index (χ0n) is 14.6. The summed E-state index contributed by atoms with van der Waals surface area (Å²) in [7, 11) is -1.53. The largest absolute Gasteiger partial charge is 0.458 e. The number of ether oxygens (including phenoxy) is 1. The molecule has 0 amide bonds. The first-order valence-electron chi connectivity index (χ1n) is 7.52. The summed E-state index contributed by atoms with van der Waals surface area (Å²) in [6.45, 7) is 10.4. The minimum atomic E-state index is -1.96. The normalized spacial score (nSPS) is 16.5. The van der Waals surface area contributed by atoms with E-state index in [-0.39, 0.29) is 0 Å². The fourth-order valence-corrected chi connectivity index (χ4v) is 2.58. The van der Waals surface area contributed by atoms with Crippen molar-refractivity contribution in [3.8, 4) is 0 Å². The smallest absolute Gasteiger partial charge is 0.343 e. The summed E-state index contributed by atoms with van der Waals surface area (Å²) < 4.78 is 34.4. The monoisotopic (exact) mass is 343 g/mol. The number of esters is 1. The number of benzene rings is 1. The number of nitrogens with one attached hydrogen (secondary N) is 1. The molecule has 0 heterocycles. The van der Waals surface area contributed by atoms with E-state index in [9.17, 15) is 13.4 Å². The van der Waals surface area contributed by atoms with Crippen molar-refractivity contribution in [1.29, 1.82) is 0 Å². The van der Waals surface area contributed by atoms with E-state index in [1.807, 2.05) is 0 Å². The number of hydrogen-bond donors (Lipinski definition) is 1. The molecule has 0 saturated heterocycles. The van der Waals surface area contributed by atoms with E-state index in [2.05, 4.69) is 4.72 Å². The Bertz CT molecular complexity index is 549. The molecule has 0 spiro atoms. The van der Waals surface area contributed by atoms with Crippen LogP contribution in [0.5, 0.6) is 0 Å². The molecular weight excluding hydrogens is 317 g/mol. The minimum absolute atomic E-state index is 0.545. The predicted octanol–water partition coefficient (Wildman–Crippen LogP) is 3.46. The Labute approximate surface area is 140 Å². The molecule has 0 aliphatic heterocycles. The fraction of sp³-hybridized carbons (Fsp3) is 0.588. The van der Waals surface area contributed by atoms with Gasteiger partial charge in [0.2, 0.25) is 6.17 Å². The van der Waals surface area contributed by atoms with Gasteiger partial charge in [0.15, 0.2) is 0 Å². The zero-order valence-corrected chi connectivity index (χ0v) is 15.4. The Kier molecular flexibility index (Phi) is 6.48. The Balaban J connectivity index is 3.05. The van der Waals surface area contributed by atoms with Crippen molar-refractivity contribution in [3.63, 3.8) is 0 Å². The van der Waals surface area contributed by atoms with E-state index >= 15 is 0 Å². The van der Waals surface area contributed by atoms with Crippen molar-refractivity contribution in [2.45, 2.75) is 64.1 Å². The number of carbonyl (C=O) groups excluding carboxylic acids is 1. The van der Waals surface area contributed by atoms with E-state index in [0.717, 1.165) is 0 Å². The summed E-state index contributed by atoms with van der Waals surface area (Å²) in [5, 5.41) is 0. The standard InChI is InChI=1S/C17H26FNO3S/c1-16(2,3)22-15(20)13(18)14(12-10-8-7-9-11-12)19-23(21)17(4,5)6/h7-11,13-14,19H,1-6H3. The summed E-state index contributed by atoms with van der Waals surface area (Å²) in [5.74, 6) is -0.968. The van der Waals surface area contributed by atoms with Gasteiger partial charge < -0.3 is 4.74 Å². The first-order chi connectivity index (χ1) is 10.4. The van der Waals surface area contributed by atoms with Gasteiger partial charge in [-0.15, -0.1) is 0 Å². The van der Waals surface area contributed by atoms with Crippen LogP contribution >= 0.6 is 0 Å². The fourth-order valence-electron chi connectivity index (χ4n) is 1.74. The Morgan fingerprint density at radius 3 is 2.09 bits per heavy atom. The molecule has 0 saturated carbocycles. The van der Waals surface area contributed by atoms with Crippen LogP contribution in [0.2, 0.25) is 0 Å². The molecule has 130 valence electrons. The van der Waals surface area contributed by atoms with Crippen molar-refractivity contribution >= 4 is 17.0 Å². The molecule has 1 N–H and O–H groups in total. The lowest BCUT2D eigenvalue weighted by Gasteiger charge is -2.28. The molecule has 0 fully saturated rings. The lowest BCUT2D eigenvalue weighted by atomic mass is 10.0. The quantitative estimate of drug-likeness (QED) is 0.833. The van der Waals surface area contributed by atoms with Crippen molar-refractivity contribution in [1.82, 2.24) is 4.72 Å². The highest BCUT2D eigenvalue weighted by atomic mass is 32.2. The second kappa shape index (κ2) is 7.53. The molecule has 0 aliphatic carbocycles. The average Bonchev–Trinajstić information content (AvgIpc) is 2.41. The van der Waals surface area contributed by atoms with Crippen LogP contribution in [0.4, 0.5) is 4.39 Å². The number of hydrogen-bond acceptors (Lipinski definition) is 3. The molecule has 0 radical (unpaired) electrons. The predicted molar refractivity (Wildman–Crippen MR) is 91.0 cm³/mol. The van der Waals surface area contributed by atoms with Crippen LogP contribution in [0.25, 0.3) is 0 Å². The highest BCUT2D eigenvalue weighted by Crippen LogP contribution is 2.24. The molecular formula is C17H26FNO3S. The molecule has 1 rings (SSSR count). The number of carbonyl (C=O) groups is 1. The molecule has 4 nitrogen and oxygen atoms in total. The van der Waals surface area contributed by atoms with Gasteiger partial charge in [-0.1, -0.05) is 30.3 Å². The molecule has 3 atom stereocenters. The maximum Gasteiger partial charge on any atom is 0.343 e. The Morgan fingerprint density at radius 2 is 1.65 bits per heavy atom. The first-order valence-corrected chi connectivity index (χ1v) is 8.67. The van der Waals surface area contributed by atoms with Crippen LogP contribution in [0, 0.1) is 0 Å². The van der Waals surface area contributed by atoms with Gasteiger partial charge >= 0.3 is 5.97 Å². The third-order valence-corrected chi connectivity index (χ3v) is 4.45. The Morgan fingerprint density at radius 1 is 1.13 bits per heavy atom. The van der Waals surface area contributed by atoms with Crippen LogP contribution in [-0.2, 0) is 20.5 Å². The SMILES string of the molecule is CC(C)(C)OC(=O)C(F)C(NS(=O)C(C)(C)C)c1ccccc1. The van der Waals surface area contributed by atoms with Crippen molar-refractivity contribution in [2.24, 2.45) is 0 Å². The zero-order chi connectivity index (χ0) is 17.8. The van der Waals surface area contributed by atoms with Gasteiger partial charge in [0.05, 0.1) is 21.8 Å². The highest BCUT2D eigenvalue weighted by Gasteiger charge is 2.36. The van der Waals surface area contributed by atoms with E-state index in [1.165, 1.54) is 0 Å². The third kappa shape index (κ3) is 6.39. The number of halogens is 1. The summed E-state index contributed by atoms with van der Waals surface area (Å²) >= 11 is 0. The lowest BCUT2D eigenvalue weighted by Crippen LogP contribution is -2.43. The minimum Gasteiger partial charge on any atom is -0.458 e. The second-order valence-corrected chi connectivity index (χ2v) is 9.32. The van der Waals surface area contributed by atoms with Crippen molar-refractivity contribution in [2.75, 3.05) is 0 Å². The van der Waals surface area contributed by atoms with Crippen LogP contribution in [0.1, 0.15) is 53.1 Å². The summed E-state index contributed by atoms with van der Waals surface area (Å²) in [5.41, 5.74) is -0.241. The van der Waals surface area contributed by atoms with E-state index in [0.29, 0.717) is 5.56 Å². The van der Waals surface area contributed by atoms with Gasteiger partial charge in [-0.05, 0) is 47.1 Å². The van der Waals surface area contributed by atoms with Gasteiger partial charge in [0, 0.05) is 0 Å². The average molecular weight is 343 g/mol. The molecule has 0 aromatic heterocycles. The summed E-state index contributed by atoms with van der Waals surface area (Å²) in [4.78, 5) is 12.1. The maximum absolute atomic E-state index is 14.8. The molecule has 23 heavy (non-hydrogen) atoms. The van der Waals surface area contributed by atoms with Gasteiger partial charge in [-0.3, -0.25) is 0 Å². The Hall–Kier alpha value is -1.27. The van der Waals surface area contributed by atoms with Gasteiger partial charge in [-0.2, -0.15) is 0 Å². The number of alkyl halides is 1. The highest BCUT2D eigenvalue weighted by molar-refractivity contribution is 7.84. The van der Waals surface area contributed by atoms with Gasteiger partial charge in [0.1, 0.15) is 5.60 Å². The van der Waals surface area contributed by atoms with Crippen LogP contribution in [-0.4, -0.2) is 26.7 Å². The molecule has 1 aromatic carbocycles. The molecule has 0 aliphatic rings. The van der Waals surface area contributed by atoms with E-state index in [4.69, 9.17) is 4.74 Å². The molecule has 3 unspecified atom stereocenters. The van der Waals surface area contributed by atoms with Crippen LogP contribution in [0.15, 0.2) is 30.3 Å². The first kappa shape index (κ1) is 19.8. The van der Waals surface area contributed by atoms with Crippen molar-refractivity contribution in [3.05, 3.63) is 35.9 Å². The maximum atomic E-state index is 14.8. The molecule has 1 aromatic rings. The number of rotatable bonds is 5.